The summed E-state index contributed by atoms with van der Waals surface area (Å²) in [6.07, 6.45) is 5.67. The van der Waals surface area contributed by atoms with E-state index in [0.717, 1.165) is 25.3 Å². The Balaban J connectivity index is 2.03. The molecule has 0 aliphatic carbocycles. The van der Waals surface area contributed by atoms with E-state index in [1.54, 1.807) is 11.8 Å². The summed E-state index contributed by atoms with van der Waals surface area (Å²) >= 11 is 1.75. The van der Waals surface area contributed by atoms with Gasteiger partial charge in [0, 0.05) is 10.9 Å². The molecule has 0 saturated carbocycles. The number of rotatable bonds is 9. The summed E-state index contributed by atoms with van der Waals surface area (Å²) in [4.78, 5) is 1.28. The largest absolute Gasteiger partial charge is 0.494 e. The number of hydrogen-bond acceptors (Lipinski definition) is 3. The van der Waals surface area contributed by atoms with E-state index in [0.29, 0.717) is 6.04 Å². The van der Waals surface area contributed by atoms with Gasteiger partial charge in [-0.05, 0) is 56.3 Å². The maximum atomic E-state index is 5.70. The SMILES string of the molecule is CSc1ccc(OCCCCCNC(C)C)cc1. The normalized spacial score (nSPS) is 10.9. The third kappa shape index (κ3) is 6.92. The molecule has 1 N–H and O–H groups in total. The zero-order chi connectivity index (χ0) is 13.2. The molecule has 1 aromatic rings. The van der Waals surface area contributed by atoms with E-state index in [1.807, 2.05) is 12.1 Å². The average Bonchev–Trinajstić information content (AvgIpc) is 2.38. The number of thioether (sulfide) groups is 1. The van der Waals surface area contributed by atoms with Crippen molar-refractivity contribution in [3.8, 4) is 5.75 Å². The van der Waals surface area contributed by atoms with Crippen LogP contribution < -0.4 is 10.1 Å². The highest BCUT2D eigenvalue weighted by Crippen LogP contribution is 2.19. The van der Waals surface area contributed by atoms with Crippen molar-refractivity contribution < 1.29 is 4.74 Å². The predicted molar refractivity (Wildman–Crippen MR) is 80.7 cm³/mol. The molecule has 1 rings (SSSR count). The van der Waals surface area contributed by atoms with Crippen LogP contribution in [0.4, 0.5) is 0 Å². The van der Waals surface area contributed by atoms with E-state index in [-0.39, 0.29) is 0 Å². The van der Waals surface area contributed by atoms with Crippen LogP contribution in [0.2, 0.25) is 0 Å². The van der Waals surface area contributed by atoms with Gasteiger partial charge in [-0.25, -0.2) is 0 Å². The van der Waals surface area contributed by atoms with Gasteiger partial charge in [-0.1, -0.05) is 13.8 Å². The van der Waals surface area contributed by atoms with Gasteiger partial charge in [-0.2, -0.15) is 0 Å². The molecule has 0 aromatic heterocycles. The first-order valence-electron chi connectivity index (χ1n) is 6.72. The molecular weight excluding hydrogens is 242 g/mol. The molecule has 1 aromatic carbocycles. The second kappa shape index (κ2) is 9.29. The first kappa shape index (κ1) is 15.4. The van der Waals surface area contributed by atoms with E-state index >= 15 is 0 Å². The van der Waals surface area contributed by atoms with Crippen molar-refractivity contribution in [1.82, 2.24) is 5.32 Å². The Morgan fingerprint density at radius 1 is 1.11 bits per heavy atom. The van der Waals surface area contributed by atoms with Crippen LogP contribution in [0.15, 0.2) is 29.2 Å². The van der Waals surface area contributed by atoms with E-state index < -0.39 is 0 Å². The van der Waals surface area contributed by atoms with Crippen molar-refractivity contribution in [2.45, 2.75) is 44.0 Å². The van der Waals surface area contributed by atoms with Gasteiger partial charge < -0.3 is 10.1 Å². The topological polar surface area (TPSA) is 21.3 Å². The third-order valence-electron chi connectivity index (χ3n) is 2.70. The number of ether oxygens (including phenoxy) is 1. The average molecular weight is 267 g/mol. The molecule has 0 saturated heterocycles. The van der Waals surface area contributed by atoms with Crippen LogP contribution >= 0.6 is 11.8 Å². The van der Waals surface area contributed by atoms with Crippen LogP contribution in [-0.4, -0.2) is 25.4 Å². The molecule has 2 nitrogen and oxygen atoms in total. The van der Waals surface area contributed by atoms with Gasteiger partial charge in [0.25, 0.3) is 0 Å². The number of hydrogen-bond donors (Lipinski definition) is 1. The van der Waals surface area contributed by atoms with Crippen molar-refractivity contribution in [3.05, 3.63) is 24.3 Å². The highest BCUT2D eigenvalue weighted by atomic mass is 32.2. The molecule has 0 bridgehead atoms. The highest BCUT2D eigenvalue weighted by molar-refractivity contribution is 7.98. The zero-order valence-electron chi connectivity index (χ0n) is 11.7. The van der Waals surface area contributed by atoms with Crippen LogP contribution in [0.3, 0.4) is 0 Å². The molecule has 3 heteroatoms. The number of unbranched alkanes of at least 4 members (excludes halogenated alkanes) is 2. The highest BCUT2D eigenvalue weighted by Gasteiger charge is 1.96. The summed E-state index contributed by atoms with van der Waals surface area (Å²) in [5.74, 6) is 0.980. The quantitative estimate of drug-likeness (QED) is 0.540. The lowest BCUT2D eigenvalue weighted by atomic mass is 10.2. The van der Waals surface area contributed by atoms with Crippen LogP contribution in [0, 0.1) is 0 Å². The second-order valence-corrected chi connectivity index (χ2v) is 5.57. The van der Waals surface area contributed by atoms with Crippen molar-refractivity contribution in [1.29, 1.82) is 0 Å². The van der Waals surface area contributed by atoms with E-state index in [4.69, 9.17) is 4.74 Å². The maximum absolute atomic E-state index is 5.70. The summed E-state index contributed by atoms with van der Waals surface area (Å²) in [5.41, 5.74) is 0. The Morgan fingerprint density at radius 3 is 2.44 bits per heavy atom. The maximum Gasteiger partial charge on any atom is 0.119 e. The number of benzene rings is 1. The van der Waals surface area contributed by atoms with Gasteiger partial charge in [0.2, 0.25) is 0 Å². The molecule has 102 valence electrons. The first-order valence-corrected chi connectivity index (χ1v) is 7.95. The lowest BCUT2D eigenvalue weighted by Crippen LogP contribution is -2.23. The molecule has 0 fully saturated rings. The predicted octanol–water partition coefficient (Wildman–Crippen LogP) is 3.96. The van der Waals surface area contributed by atoms with Crippen LogP contribution in [0.5, 0.6) is 5.75 Å². The molecule has 0 spiro atoms. The van der Waals surface area contributed by atoms with Gasteiger partial charge in [-0.15, -0.1) is 11.8 Å². The summed E-state index contributed by atoms with van der Waals surface area (Å²) < 4.78 is 5.70. The minimum absolute atomic E-state index is 0.594. The van der Waals surface area contributed by atoms with Gasteiger partial charge in [0.15, 0.2) is 0 Å². The molecule has 0 unspecified atom stereocenters. The van der Waals surface area contributed by atoms with Crippen molar-refractivity contribution in [3.63, 3.8) is 0 Å². The van der Waals surface area contributed by atoms with Gasteiger partial charge in [0.05, 0.1) is 6.61 Å². The third-order valence-corrected chi connectivity index (χ3v) is 3.45. The summed E-state index contributed by atoms with van der Waals surface area (Å²) in [7, 11) is 0. The van der Waals surface area contributed by atoms with Gasteiger partial charge in [-0.3, -0.25) is 0 Å². The number of nitrogens with one attached hydrogen (secondary N) is 1. The fraction of sp³-hybridized carbons (Fsp3) is 0.600. The first-order chi connectivity index (χ1) is 8.72. The molecular formula is C15H25NOS. The Bertz CT molecular complexity index is 311. The lowest BCUT2D eigenvalue weighted by Gasteiger charge is -2.08. The van der Waals surface area contributed by atoms with Crippen LogP contribution in [0.1, 0.15) is 33.1 Å². The fourth-order valence-corrected chi connectivity index (χ4v) is 2.06. The molecule has 18 heavy (non-hydrogen) atoms. The standard InChI is InChI=1S/C15H25NOS/c1-13(2)16-11-5-4-6-12-17-14-7-9-15(18-3)10-8-14/h7-10,13,16H,4-6,11-12H2,1-3H3. The molecule has 0 radical (unpaired) electrons. The van der Waals surface area contributed by atoms with Crippen molar-refractivity contribution in [2.24, 2.45) is 0 Å². The van der Waals surface area contributed by atoms with Crippen LogP contribution in [-0.2, 0) is 0 Å². The van der Waals surface area contributed by atoms with E-state index in [9.17, 15) is 0 Å². The Morgan fingerprint density at radius 2 is 1.83 bits per heavy atom. The molecule has 0 aliphatic rings. The van der Waals surface area contributed by atoms with E-state index in [2.05, 4.69) is 37.6 Å². The van der Waals surface area contributed by atoms with Crippen LogP contribution in [0.25, 0.3) is 0 Å². The Kier molecular flexibility index (Phi) is 7.94. The fourth-order valence-electron chi connectivity index (χ4n) is 1.66. The smallest absolute Gasteiger partial charge is 0.119 e. The minimum atomic E-state index is 0.594. The lowest BCUT2D eigenvalue weighted by molar-refractivity contribution is 0.304. The van der Waals surface area contributed by atoms with E-state index in [1.165, 1.54) is 17.7 Å². The van der Waals surface area contributed by atoms with Crippen molar-refractivity contribution >= 4 is 11.8 Å². The molecule has 0 aliphatic heterocycles. The monoisotopic (exact) mass is 267 g/mol. The Hall–Kier alpha value is -0.670. The molecule has 0 amide bonds. The Labute approximate surface area is 116 Å². The van der Waals surface area contributed by atoms with Gasteiger partial charge >= 0.3 is 0 Å². The van der Waals surface area contributed by atoms with Gasteiger partial charge in [0.1, 0.15) is 5.75 Å². The summed E-state index contributed by atoms with van der Waals surface area (Å²) in [6, 6.07) is 8.90. The summed E-state index contributed by atoms with van der Waals surface area (Å²) in [5, 5.41) is 3.42. The summed E-state index contributed by atoms with van der Waals surface area (Å²) in [6.45, 7) is 6.29. The van der Waals surface area contributed by atoms with Crippen molar-refractivity contribution in [2.75, 3.05) is 19.4 Å². The second-order valence-electron chi connectivity index (χ2n) is 4.69. The molecule has 0 atom stereocenters. The minimum Gasteiger partial charge on any atom is -0.494 e. The molecule has 0 heterocycles. The zero-order valence-corrected chi connectivity index (χ0v) is 12.6.